The van der Waals surface area contributed by atoms with Gasteiger partial charge < -0.3 is 4.74 Å². The van der Waals surface area contributed by atoms with E-state index in [2.05, 4.69) is 22.2 Å². The number of benzene rings is 1. The third kappa shape index (κ3) is 4.35. The van der Waals surface area contributed by atoms with Crippen molar-refractivity contribution in [2.75, 3.05) is 6.61 Å². The normalized spacial score (nSPS) is 10.9. The molecule has 0 spiro atoms. The first kappa shape index (κ1) is 15.1. The number of aromatic nitrogens is 3. The Morgan fingerprint density at radius 1 is 1.52 bits per heavy atom. The van der Waals surface area contributed by atoms with Gasteiger partial charge in [0.1, 0.15) is 11.9 Å². The minimum atomic E-state index is -0.384. The third-order valence-electron chi connectivity index (χ3n) is 2.68. The first-order valence-corrected chi connectivity index (χ1v) is 7.05. The van der Waals surface area contributed by atoms with E-state index < -0.39 is 0 Å². The summed E-state index contributed by atoms with van der Waals surface area (Å²) in [5.74, 6) is 0.777. The van der Waals surface area contributed by atoms with Crippen molar-refractivity contribution in [3.8, 4) is 5.75 Å². The molecule has 0 fully saturated rings. The third-order valence-corrected chi connectivity index (χ3v) is 2.95. The van der Waals surface area contributed by atoms with Crippen LogP contribution < -0.4 is 10.3 Å². The van der Waals surface area contributed by atoms with Crippen molar-refractivity contribution in [1.82, 2.24) is 14.9 Å². The molecule has 0 radical (unpaired) electrons. The zero-order valence-electron chi connectivity index (χ0n) is 11.7. The fourth-order valence-electron chi connectivity index (χ4n) is 1.60. The highest BCUT2D eigenvalue weighted by atomic mass is 32.1. The maximum absolute atomic E-state index is 11.6. The van der Waals surface area contributed by atoms with Gasteiger partial charge in [-0.1, -0.05) is 25.5 Å². The molecular weight excluding hydrogens is 288 g/mol. The number of ether oxygens (including phenoxy) is 1. The highest BCUT2D eigenvalue weighted by molar-refractivity contribution is 7.71. The van der Waals surface area contributed by atoms with Gasteiger partial charge in [-0.3, -0.25) is 9.89 Å². The first-order chi connectivity index (χ1) is 10.2. The van der Waals surface area contributed by atoms with Gasteiger partial charge in [-0.05, 0) is 36.3 Å². The fraction of sp³-hybridized carbons (Fsp3) is 0.286. The molecule has 0 atom stereocenters. The SMILES string of the molecule is CCCCOc1cccc(/C=N/n2c(=O)cn[nH]c2=S)c1. The molecule has 0 saturated heterocycles. The Morgan fingerprint density at radius 3 is 3.14 bits per heavy atom. The molecule has 1 aromatic carbocycles. The molecule has 0 aliphatic heterocycles. The number of nitrogens with one attached hydrogen (secondary N) is 1. The average Bonchev–Trinajstić information content (AvgIpc) is 2.47. The van der Waals surface area contributed by atoms with Crippen LogP contribution in [0.3, 0.4) is 0 Å². The van der Waals surface area contributed by atoms with Crippen LogP contribution in [0.1, 0.15) is 25.3 Å². The summed E-state index contributed by atoms with van der Waals surface area (Å²) in [6, 6.07) is 7.49. The Hall–Kier alpha value is -2.28. The smallest absolute Gasteiger partial charge is 0.293 e. The number of H-pyrrole nitrogens is 1. The highest BCUT2D eigenvalue weighted by Crippen LogP contribution is 2.12. The van der Waals surface area contributed by atoms with Gasteiger partial charge >= 0.3 is 0 Å². The molecule has 0 aliphatic carbocycles. The van der Waals surface area contributed by atoms with E-state index in [4.69, 9.17) is 17.0 Å². The molecule has 0 bridgehead atoms. The number of rotatable bonds is 6. The van der Waals surface area contributed by atoms with E-state index in [0.717, 1.165) is 35.0 Å². The molecule has 110 valence electrons. The molecule has 2 rings (SSSR count). The van der Waals surface area contributed by atoms with Crippen LogP contribution in [0.25, 0.3) is 0 Å². The second-order valence-electron chi connectivity index (χ2n) is 4.34. The maximum Gasteiger partial charge on any atom is 0.293 e. The van der Waals surface area contributed by atoms with E-state index in [1.54, 1.807) is 6.21 Å². The van der Waals surface area contributed by atoms with Crippen LogP contribution in [-0.2, 0) is 0 Å². The van der Waals surface area contributed by atoms with Gasteiger partial charge in [0, 0.05) is 0 Å². The van der Waals surface area contributed by atoms with Crippen molar-refractivity contribution in [3.63, 3.8) is 0 Å². The van der Waals surface area contributed by atoms with E-state index >= 15 is 0 Å². The monoisotopic (exact) mass is 304 g/mol. The van der Waals surface area contributed by atoms with Crippen LogP contribution in [0.2, 0.25) is 0 Å². The Labute approximate surface area is 127 Å². The predicted octanol–water partition coefficient (Wildman–Crippen LogP) is 2.36. The minimum absolute atomic E-state index is 0.147. The van der Waals surface area contributed by atoms with Crippen molar-refractivity contribution in [3.05, 3.63) is 51.2 Å². The maximum atomic E-state index is 11.6. The Bertz CT molecular complexity index is 708. The lowest BCUT2D eigenvalue weighted by molar-refractivity contribution is 0.309. The molecular formula is C14H16N4O2S. The summed E-state index contributed by atoms with van der Waals surface area (Å²) in [7, 11) is 0. The van der Waals surface area contributed by atoms with Crippen molar-refractivity contribution >= 4 is 18.4 Å². The number of unbranched alkanes of at least 4 members (excludes halogenated alkanes) is 1. The molecule has 1 N–H and O–H groups in total. The zero-order valence-corrected chi connectivity index (χ0v) is 12.5. The largest absolute Gasteiger partial charge is 0.494 e. The molecule has 2 aromatic rings. The van der Waals surface area contributed by atoms with Crippen molar-refractivity contribution in [2.45, 2.75) is 19.8 Å². The molecule has 1 heterocycles. The predicted molar refractivity (Wildman–Crippen MR) is 83.5 cm³/mol. The van der Waals surface area contributed by atoms with Gasteiger partial charge in [0.25, 0.3) is 5.56 Å². The minimum Gasteiger partial charge on any atom is -0.494 e. The van der Waals surface area contributed by atoms with Crippen LogP contribution in [0.15, 0.2) is 40.4 Å². The summed E-state index contributed by atoms with van der Waals surface area (Å²) in [6.07, 6.45) is 4.78. The second-order valence-corrected chi connectivity index (χ2v) is 4.73. The number of hydrogen-bond acceptors (Lipinski definition) is 5. The van der Waals surface area contributed by atoms with Crippen molar-refractivity contribution < 1.29 is 4.74 Å². The Kier molecular flexibility index (Phi) is 5.39. The van der Waals surface area contributed by atoms with Crippen LogP contribution in [0.5, 0.6) is 5.75 Å². The van der Waals surface area contributed by atoms with Crippen LogP contribution >= 0.6 is 12.2 Å². The lowest BCUT2D eigenvalue weighted by Crippen LogP contribution is -2.18. The Morgan fingerprint density at radius 2 is 2.38 bits per heavy atom. The zero-order chi connectivity index (χ0) is 15.1. The molecule has 0 aliphatic rings. The van der Waals surface area contributed by atoms with Crippen LogP contribution in [-0.4, -0.2) is 27.7 Å². The summed E-state index contributed by atoms with van der Waals surface area (Å²) in [5.41, 5.74) is 0.437. The molecule has 0 unspecified atom stereocenters. The van der Waals surface area contributed by atoms with Crippen molar-refractivity contribution in [1.29, 1.82) is 0 Å². The summed E-state index contributed by atoms with van der Waals surface area (Å²) < 4.78 is 6.84. The lowest BCUT2D eigenvalue weighted by atomic mass is 10.2. The van der Waals surface area contributed by atoms with E-state index in [1.807, 2.05) is 24.3 Å². The molecule has 1 aromatic heterocycles. The quantitative estimate of drug-likeness (QED) is 0.505. The fourth-order valence-corrected chi connectivity index (χ4v) is 1.79. The summed E-state index contributed by atoms with van der Waals surface area (Å²) in [6.45, 7) is 2.80. The molecule has 0 amide bonds. The van der Waals surface area contributed by atoms with Gasteiger partial charge in [0.2, 0.25) is 4.77 Å². The van der Waals surface area contributed by atoms with Crippen molar-refractivity contribution in [2.24, 2.45) is 5.10 Å². The van der Waals surface area contributed by atoms with Gasteiger partial charge in [-0.25, -0.2) is 0 Å². The number of hydrogen-bond donors (Lipinski definition) is 1. The van der Waals surface area contributed by atoms with Gasteiger partial charge in [-0.15, -0.1) is 0 Å². The number of aromatic amines is 1. The highest BCUT2D eigenvalue weighted by Gasteiger charge is 1.97. The molecule has 7 heteroatoms. The average molecular weight is 304 g/mol. The van der Waals surface area contributed by atoms with Crippen LogP contribution in [0, 0.1) is 4.77 Å². The Balaban J connectivity index is 2.16. The molecule has 21 heavy (non-hydrogen) atoms. The van der Waals surface area contributed by atoms with Gasteiger partial charge in [-0.2, -0.15) is 14.9 Å². The lowest BCUT2D eigenvalue weighted by Gasteiger charge is -2.05. The van der Waals surface area contributed by atoms with E-state index in [0.29, 0.717) is 6.61 Å². The standard InChI is InChI=1S/C14H16N4O2S/c1-2-3-7-20-12-6-4-5-11(8-12)9-16-18-13(19)10-15-17-14(18)21/h4-6,8-10H,2-3,7H2,1H3,(H,17,21)/b16-9+. The topological polar surface area (TPSA) is 72.3 Å². The summed E-state index contributed by atoms with van der Waals surface area (Å²) in [4.78, 5) is 11.6. The van der Waals surface area contributed by atoms with Gasteiger partial charge in [0.05, 0.1) is 12.8 Å². The van der Waals surface area contributed by atoms with E-state index in [9.17, 15) is 4.79 Å². The first-order valence-electron chi connectivity index (χ1n) is 6.64. The summed E-state index contributed by atoms with van der Waals surface area (Å²) >= 11 is 4.96. The summed E-state index contributed by atoms with van der Waals surface area (Å²) in [5, 5.41) is 10.2. The van der Waals surface area contributed by atoms with Crippen LogP contribution in [0.4, 0.5) is 0 Å². The molecule has 0 saturated carbocycles. The van der Waals surface area contributed by atoms with Gasteiger partial charge in [0.15, 0.2) is 0 Å². The second kappa shape index (κ2) is 7.49. The number of nitrogens with zero attached hydrogens (tertiary/aromatic N) is 3. The molecule has 6 nitrogen and oxygen atoms in total. The van der Waals surface area contributed by atoms with E-state index in [-0.39, 0.29) is 10.3 Å². The van der Waals surface area contributed by atoms with E-state index in [1.165, 1.54) is 0 Å².